The molecule has 0 radical (unpaired) electrons. The summed E-state index contributed by atoms with van der Waals surface area (Å²) in [5.41, 5.74) is 4.72. The van der Waals surface area contributed by atoms with Crippen molar-refractivity contribution in [2.45, 2.75) is 31.5 Å². The number of ether oxygens (including phenoxy) is 1. The number of aliphatic hydroxyl groups excluding tert-OH is 1. The number of alkyl carbamates (subject to hydrolysis) is 1. The molecule has 1 rings (SSSR count). The van der Waals surface area contributed by atoms with E-state index in [4.69, 9.17) is 15.6 Å². The summed E-state index contributed by atoms with van der Waals surface area (Å²) >= 11 is 0. The quantitative estimate of drug-likeness (QED) is 0.511. The Labute approximate surface area is 70.9 Å². The van der Waals surface area contributed by atoms with Gasteiger partial charge in [-0.1, -0.05) is 0 Å². The highest BCUT2D eigenvalue weighted by Gasteiger charge is 2.46. The second-order valence-electron chi connectivity index (χ2n) is 3.34. The molecule has 1 heterocycles. The fourth-order valence-corrected chi connectivity index (χ4v) is 1.40. The Balaban J connectivity index is 2.78. The van der Waals surface area contributed by atoms with Crippen molar-refractivity contribution < 1.29 is 14.6 Å². The minimum Gasteiger partial charge on any atom is -0.439 e. The van der Waals surface area contributed by atoms with Gasteiger partial charge in [0, 0.05) is 6.04 Å². The first kappa shape index (κ1) is 9.28. The van der Waals surface area contributed by atoms with Crippen LogP contribution in [0, 0.1) is 0 Å². The molecule has 1 aliphatic heterocycles. The van der Waals surface area contributed by atoms with E-state index in [0.29, 0.717) is 0 Å². The fraction of sp³-hybridized carbons (Fsp3) is 0.857. The van der Waals surface area contributed by atoms with Crippen LogP contribution in [0.25, 0.3) is 0 Å². The molecule has 3 atom stereocenters. The maximum Gasteiger partial charge on any atom is 0.408 e. The molecule has 12 heavy (non-hydrogen) atoms. The van der Waals surface area contributed by atoms with Gasteiger partial charge < -0.3 is 20.9 Å². The van der Waals surface area contributed by atoms with E-state index in [-0.39, 0.29) is 18.7 Å². The minimum atomic E-state index is -0.884. The largest absolute Gasteiger partial charge is 0.439 e. The lowest BCUT2D eigenvalue weighted by molar-refractivity contribution is -0.000980. The Morgan fingerprint density at radius 3 is 2.83 bits per heavy atom. The van der Waals surface area contributed by atoms with Crippen molar-refractivity contribution in [3.63, 3.8) is 0 Å². The molecule has 0 spiro atoms. The van der Waals surface area contributed by atoms with Crippen LogP contribution in [0.4, 0.5) is 4.79 Å². The van der Waals surface area contributed by atoms with Gasteiger partial charge in [-0.15, -0.1) is 0 Å². The van der Waals surface area contributed by atoms with Crippen molar-refractivity contribution in [2.24, 2.45) is 5.73 Å². The maximum absolute atomic E-state index is 10.8. The topological polar surface area (TPSA) is 84.6 Å². The van der Waals surface area contributed by atoms with E-state index in [1.165, 1.54) is 0 Å². The first-order valence-electron chi connectivity index (χ1n) is 3.85. The van der Waals surface area contributed by atoms with E-state index in [2.05, 4.69) is 5.32 Å². The standard InChI is InChI=1S/C7H14N2O3/c1-4(8)5-7(2,3-10)12-6(11)9-5/h4-5,10H,3,8H2,1-2H3,(H,9,11)/t4-,5-,7-/m1/s1. The van der Waals surface area contributed by atoms with Crippen LogP contribution >= 0.6 is 0 Å². The van der Waals surface area contributed by atoms with Gasteiger partial charge in [-0.2, -0.15) is 0 Å². The number of aliphatic hydroxyl groups is 1. The molecule has 0 aromatic heterocycles. The summed E-state index contributed by atoms with van der Waals surface area (Å²) in [6, 6.07) is -0.566. The van der Waals surface area contributed by atoms with E-state index in [9.17, 15) is 4.79 Å². The molecular weight excluding hydrogens is 160 g/mol. The Morgan fingerprint density at radius 1 is 1.92 bits per heavy atom. The molecular formula is C7H14N2O3. The van der Waals surface area contributed by atoms with Crippen molar-refractivity contribution in [3.05, 3.63) is 0 Å². The van der Waals surface area contributed by atoms with E-state index in [1.54, 1.807) is 13.8 Å². The Hall–Kier alpha value is -0.810. The number of rotatable bonds is 2. The molecule has 5 heteroatoms. The lowest BCUT2D eigenvalue weighted by Crippen LogP contribution is -2.53. The molecule has 4 N–H and O–H groups in total. The highest BCUT2D eigenvalue weighted by atomic mass is 16.6. The van der Waals surface area contributed by atoms with Crippen LogP contribution in [-0.2, 0) is 4.74 Å². The van der Waals surface area contributed by atoms with E-state index in [1.807, 2.05) is 0 Å². The van der Waals surface area contributed by atoms with E-state index < -0.39 is 11.7 Å². The normalized spacial score (nSPS) is 37.3. The van der Waals surface area contributed by atoms with Gasteiger partial charge in [0.15, 0.2) is 5.60 Å². The third kappa shape index (κ3) is 1.37. The highest BCUT2D eigenvalue weighted by Crippen LogP contribution is 2.23. The monoisotopic (exact) mass is 174 g/mol. The number of carbonyl (C=O) groups is 1. The molecule has 0 saturated carbocycles. The van der Waals surface area contributed by atoms with Crippen molar-refractivity contribution >= 4 is 6.09 Å². The minimum absolute atomic E-state index is 0.224. The first-order valence-corrected chi connectivity index (χ1v) is 3.85. The van der Waals surface area contributed by atoms with Gasteiger partial charge >= 0.3 is 6.09 Å². The molecule has 1 saturated heterocycles. The van der Waals surface area contributed by atoms with Gasteiger partial charge in [0.05, 0.1) is 12.6 Å². The Kier molecular flexibility index (Phi) is 2.25. The third-order valence-corrected chi connectivity index (χ3v) is 2.10. The molecule has 1 amide bonds. The third-order valence-electron chi connectivity index (χ3n) is 2.10. The second kappa shape index (κ2) is 2.91. The number of amides is 1. The maximum atomic E-state index is 10.8. The molecule has 5 nitrogen and oxygen atoms in total. The summed E-state index contributed by atoms with van der Waals surface area (Å²) in [6.07, 6.45) is -0.520. The molecule has 1 fully saturated rings. The van der Waals surface area contributed by atoms with Crippen LogP contribution < -0.4 is 11.1 Å². The molecule has 0 aliphatic carbocycles. The smallest absolute Gasteiger partial charge is 0.408 e. The van der Waals surface area contributed by atoms with Crippen LogP contribution in [-0.4, -0.2) is 35.5 Å². The van der Waals surface area contributed by atoms with E-state index in [0.717, 1.165) is 0 Å². The predicted octanol–water partition coefficient (Wildman–Crippen LogP) is -0.807. The zero-order chi connectivity index (χ0) is 9.35. The number of nitrogens with one attached hydrogen (secondary N) is 1. The van der Waals surface area contributed by atoms with Crippen molar-refractivity contribution in [1.82, 2.24) is 5.32 Å². The summed E-state index contributed by atoms with van der Waals surface area (Å²) in [4.78, 5) is 10.8. The second-order valence-corrected chi connectivity index (χ2v) is 3.34. The number of hydrogen-bond acceptors (Lipinski definition) is 4. The fourth-order valence-electron chi connectivity index (χ4n) is 1.40. The van der Waals surface area contributed by atoms with Gasteiger partial charge in [-0.25, -0.2) is 4.79 Å². The van der Waals surface area contributed by atoms with E-state index >= 15 is 0 Å². The lowest BCUT2D eigenvalue weighted by atomic mass is 9.93. The first-order chi connectivity index (χ1) is 5.49. The molecule has 1 aliphatic rings. The molecule has 0 unspecified atom stereocenters. The van der Waals surface area contributed by atoms with Gasteiger partial charge in [-0.3, -0.25) is 0 Å². The van der Waals surface area contributed by atoms with Crippen LogP contribution in [0.2, 0.25) is 0 Å². The molecule has 0 bridgehead atoms. The summed E-state index contributed by atoms with van der Waals surface area (Å²) in [5.74, 6) is 0. The Bertz CT molecular complexity index is 195. The molecule has 70 valence electrons. The average molecular weight is 174 g/mol. The number of cyclic esters (lactones) is 1. The number of carbonyl (C=O) groups excluding carboxylic acids is 1. The van der Waals surface area contributed by atoms with Crippen molar-refractivity contribution in [1.29, 1.82) is 0 Å². The summed E-state index contributed by atoms with van der Waals surface area (Å²) in [7, 11) is 0. The van der Waals surface area contributed by atoms with Crippen molar-refractivity contribution in [3.8, 4) is 0 Å². The van der Waals surface area contributed by atoms with Gasteiger partial charge in [0.25, 0.3) is 0 Å². The molecule has 0 aromatic rings. The summed E-state index contributed by atoms with van der Waals surface area (Å²) in [5, 5.41) is 11.5. The van der Waals surface area contributed by atoms with Crippen LogP contribution in [0.1, 0.15) is 13.8 Å². The number of hydrogen-bond donors (Lipinski definition) is 3. The zero-order valence-electron chi connectivity index (χ0n) is 7.20. The highest BCUT2D eigenvalue weighted by molar-refractivity contribution is 5.71. The van der Waals surface area contributed by atoms with Crippen LogP contribution in [0.5, 0.6) is 0 Å². The summed E-state index contributed by atoms with van der Waals surface area (Å²) < 4.78 is 4.89. The van der Waals surface area contributed by atoms with Gasteiger partial charge in [0.1, 0.15) is 0 Å². The molecule has 0 aromatic carbocycles. The lowest BCUT2D eigenvalue weighted by Gasteiger charge is -2.28. The SMILES string of the molecule is C[C@@H](N)[C@H]1NC(=O)O[C@]1(C)CO. The Morgan fingerprint density at radius 2 is 2.50 bits per heavy atom. The van der Waals surface area contributed by atoms with Gasteiger partial charge in [0.2, 0.25) is 0 Å². The van der Waals surface area contributed by atoms with Crippen LogP contribution in [0.15, 0.2) is 0 Å². The predicted molar refractivity (Wildman–Crippen MR) is 42.5 cm³/mol. The van der Waals surface area contributed by atoms with Crippen LogP contribution in [0.3, 0.4) is 0 Å². The zero-order valence-corrected chi connectivity index (χ0v) is 7.20. The average Bonchev–Trinajstić information content (AvgIpc) is 2.27. The van der Waals surface area contributed by atoms with Crippen molar-refractivity contribution in [2.75, 3.05) is 6.61 Å². The van der Waals surface area contributed by atoms with Gasteiger partial charge in [-0.05, 0) is 13.8 Å². The summed E-state index contributed by atoms with van der Waals surface area (Å²) in [6.45, 7) is 3.18. The number of nitrogens with two attached hydrogens (primary N) is 1.